The second kappa shape index (κ2) is 6.46. The quantitative estimate of drug-likeness (QED) is 0.768. The van der Waals surface area contributed by atoms with Crippen LogP contribution in [0.1, 0.15) is 11.1 Å². The van der Waals surface area contributed by atoms with E-state index in [0.717, 1.165) is 24.3 Å². The van der Waals surface area contributed by atoms with Crippen molar-refractivity contribution in [1.82, 2.24) is 0 Å². The second-order valence-electron chi connectivity index (χ2n) is 5.73. The Balaban J connectivity index is 2.73. The summed E-state index contributed by atoms with van der Waals surface area (Å²) < 4.78 is 67.8. The van der Waals surface area contributed by atoms with Gasteiger partial charge < -0.3 is 10.0 Å². The average molecular weight is 380 g/mol. The maximum atomic E-state index is 14.3. The molecule has 2 rings (SSSR count). The summed E-state index contributed by atoms with van der Waals surface area (Å²) in [4.78, 5) is 1.64. The molecule has 1 unspecified atom stereocenters. The Morgan fingerprint density at radius 2 is 1.44 bits per heavy atom. The van der Waals surface area contributed by atoms with Crippen LogP contribution in [0.5, 0.6) is 0 Å². The van der Waals surface area contributed by atoms with Crippen molar-refractivity contribution in [3.05, 3.63) is 64.7 Å². The van der Waals surface area contributed by atoms with Gasteiger partial charge in [-0.15, -0.1) is 0 Å². The van der Waals surface area contributed by atoms with Crippen molar-refractivity contribution in [3.8, 4) is 0 Å². The lowest BCUT2D eigenvalue weighted by Gasteiger charge is -2.37. The number of nitrogens with zero attached hydrogens (tertiary/aromatic N) is 1. The van der Waals surface area contributed by atoms with Crippen LogP contribution in [0, 0.1) is 0 Å². The highest BCUT2D eigenvalue weighted by atomic mass is 35.5. The van der Waals surface area contributed by atoms with Crippen LogP contribution in [0.2, 0.25) is 5.02 Å². The van der Waals surface area contributed by atoms with Crippen molar-refractivity contribution in [3.63, 3.8) is 0 Å². The summed E-state index contributed by atoms with van der Waals surface area (Å²) in [5.74, 6) is -5.44. The van der Waals surface area contributed by atoms with Crippen LogP contribution in [-0.4, -0.2) is 31.3 Å². The Kier molecular flexibility index (Phi) is 5.03. The van der Waals surface area contributed by atoms with E-state index in [0.29, 0.717) is 5.69 Å². The number of benzene rings is 2. The molecule has 2 nitrogen and oxygen atoms in total. The number of aliphatic hydroxyl groups is 1. The molecule has 0 aromatic heterocycles. The van der Waals surface area contributed by atoms with Crippen molar-refractivity contribution < 1.29 is 27.1 Å². The Morgan fingerprint density at radius 3 is 1.88 bits per heavy atom. The summed E-state index contributed by atoms with van der Waals surface area (Å²) in [6, 6.07) is 9.14. The van der Waals surface area contributed by atoms with E-state index >= 15 is 0 Å². The summed E-state index contributed by atoms with van der Waals surface area (Å²) in [6.07, 6.45) is -5.97. The molecule has 0 aliphatic heterocycles. The fraction of sp³-hybridized carbons (Fsp3) is 0.294. The Bertz CT molecular complexity index is 745. The lowest BCUT2D eigenvalue weighted by Crippen LogP contribution is -2.55. The van der Waals surface area contributed by atoms with E-state index in [9.17, 15) is 27.1 Å². The SMILES string of the molecule is CN(C)c1ccc(C(O)(c2cccc(Cl)c2)C(F)(F)C(F)(F)F)cc1. The normalized spacial score (nSPS) is 14.9. The molecule has 1 N–H and O–H groups in total. The van der Waals surface area contributed by atoms with Crippen LogP contribution >= 0.6 is 11.6 Å². The minimum atomic E-state index is -5.97. The first kappa shape index (κ1) is 19.5. The fourth-order valence-corrected chi connectivity index (χ4v) is 2.64. The third-order valence-corrected chi connectivity index (χ3v) is 4.09. The van der Waals surface area contributed by atoms with Gasteiger partial charge in [0.1, 0.15) is 0 Å². The molecule has 2 aromatic carbocycles. The largest absolute Gasteiger partial charge is 0.457 e. The molecule has 0 saturated carbocycles. The van der Waals surface area contributed by atoms with Gasteiger partial charge in [-0.2, -0.15) is 22.0 Å². The van der Waals surface area contributed by atoms with Crippen LogP contribution in [0.4, 0.5) is 27.6 Å². The van der Waals surface area contributed by atoms with E-state index in [1.807, 2.05) is 0 Å². The van der Waals surface area contributed by atoms with Crippen molar-refractivity contribution in [2.24, 2.45) is 0 Å². The Morgan fingerprint density at radius 1 is 0.880 bits per heavy atom. The third-order valence-electron chi connectivity index (χ3n) is 3.85. The molecule has 0 amide bonds. The molecule has 25 heavy (non-hydrogen) atoms. The van der Waals surface area contributed by atoms with Gasteiger partial charge in [0.15, 0.2) is 5.60 Å². The zero-order chi connectivity index (χ0) is 19.0. The monoisotopic (exact) mass is 379 g/mol. The van der Waals surface area contributed by atoms with Crippen LogP contribution in [0.15, 0.2) is 48.5 Å². The van der Waals surface area contributed by atoms with Gasteiger partial charge in [-0.25, -0.2) is 0 Å². The maximum absolute atomic E-state index is 14.3. The highest BCUT2D eigenvalue weighted by Gasteiger charge is 2.71. The average Bonchev–Trinajstić information content (AvgIpc) is 2.53. The van der Waals surface area contributed by atoms with Gasteiger partial charge in [0, 0.05) is 24.8 Å². The summed E-state index contributed by atoms with van der Waals surface area (Å²) >= 11 is 5.73. The van der Waals surface area contributed by atoms with Gasteiger partial charge in [-0.1, -0.05) is 35.9 Å². The smallest absolute Gasteiger partial charge is 0.378 e. The van der Waals surface area contributed by atoms with Gasteiger partial charge >= 0.3 is 12.1 Å². The van der Waals surface area contributed by atoms with Gasteiger partial charge in [0.25, 0.3) is 0 Å². The van der Waals surface area contributed by atoms with Crippen molar-refractivity contribution in [2.75, 3.05) is 19.0 Å². The molecule has 0 aliphatic carbocycles. The van der Waals surface area contributed by atoms with E-state index in [-0.39, 0.29) is 5.02 Å². The highest BCUT2D eigenvalue weighted by Crippen LogP contribution is 2.52. The molecule has 0 radical (unpaired) electrons. The minimum Gasteiger partial charge on any atom is -0.378 e. The zero-order valence-corrected chi connectivity index (χ0v) is 14.0. The lowest BCUT2D eigenvalue weighted by molar-refractivity contribution is -0.336. The van der Waals surface area contributed by atoms with Crippen LogP contribution in [-0.2, 0) is 5.60 Å². The summed E-state index contributed by atoms with van der Waals surface area (Å²) in [7, 11) is 3.37. The fourth-order valence-electron chi connectivity index (χ4n) is 2.45. The molecule has 0 bridgehead atoms. The maximum Gasteiger partial charge on any atom is 0.457 e. The summed E-state index contributed by atoms with van der Waals surface area (Å²) in [6.45, 7) is 0. The number of hydrogen-bond donors (Lipinski definition) is 1. The topological polar surface area (TPSA) is 23.5 Å². The van der Waals surface area contributed by atoms with Crippen LogP contribution < -0.4 is 4.90 Å². The molecule has 0 aliphatic rings. The Labute approximate surface area is 146 Å². The lowest BCUT2D eigenvalue weighted by atomic mass is 9.80. The standard InChI is InChI=1S/C17H15ClF5NO/c1-24(2)14-8-6-11(7-9-14)15(25,16(19,20)17(21,22)23)12-4-3-5-13(18)10-12/h3-10,25H,1-2H3. The molecule has 8 heteroatoms. The number of hydrogen-bond acceptors (Lipinski definition) is 2. The second-order valence-corrected chi connectivity index (χ2v) is 6.17. The van der Waals surface area contributed by atoms with E-state index in [1.54, 1.807) is 19.0 Å². The van der Waals surface area contributed by atoms with Crippen molar-refractivity contribution in [1.29, 1.82) is 0 Å². The summed E-state index contributed by atoms with van der Waals surface area (Å²) in [5, 5.41) is 10.6. The first-order valence-corrected chi connectivity index (χ1v) is 7.50. The zero-order valence-electron chi connectivity index (χ0n) is 13.3. The molecule has 1 atom stereocenters. The summed E-state index contributed by atoms with van der Waals surface area (Å²) in [5.41, 5.74) is -4.30. The number of halogens is 6. The van der Waals surface area contributed by atoms with E-state index < -0.39 is 28.8 Å². The molecular weight excluding hydrogens is 365 g/mol. The van der Waals surface area contributed by atoms with Crippen LogP contribution in [0.3, 0.4) is 0 Å². The third kappa shape index (κ3) is 3.30. The molecule has 0 spiro atoms. The Hall–Kier alpha value is -1.86. The molecule has 136 valence electrons. The van der Waals surface area contributed by atoms with E-state index in [1.165, 1.54) is 24.3 Å². The molecular formula is C17H15ClF5NO. The highest BCUT2D eigenvalue weighted by molar-refractivity contribution is 6.30. The van der Waals surface area contributed by atoms with Crippen molar-refractivity contribution in [2.45, 2.75) is 17.7 Å². The number of anilines is 1. The molecule has 0 fully saturated rings. The molecule has 0 saturated heterocycles. The number of alkyl halides is 5. The molecule has 0 heterocycles. The minimum absolute atomic E-state index is 0.0705. The first-order chi connectivity index (χ1) is 11.4. The van der Waals surface area contributed by atoms with E-state index in [4.69, 9.17) is 11.6 Å². The van der Waals surface area contributed by atoms with Crippen molar-refractivity contribution >= 4 is 17.3 Å². The van der Waals surface area contributed by atoms with E-state index in [2.05, 4.69) is 0 Å². The van der Waals surface area contributed by atoms with Gasteiger partial charge in [-0.3, -0.25) is 0 Å². The van der Waals surface area contributed by atoms with Gasteiger partial charge in [0.2, 0.25) is 0 Å². The molecule has 2 aromatic rings. The predicted octanol–water partition coefficient (Wildman–Crippen LogP) is 4.84. The van der Waals surface area contributed by atoms with Crippen LogP contribution in [0.25, 0.3) is 0 Å². The van der Waals surface area contributed by atoms with Gasteiger partial charge in [-0.05, 0) is 35.4 Å². The predicted molar refractivity (Wildman–Crippen MR) is 86.2 cm³/mol. The first-order valence-electron chi connectivity index (χ1n) is 7.12. The van der Waals surface area contributed by atoms with Gasteiger partial charge in [0.05, 0.1) is 0 Å². The number of rotatable bonds is 4.